The summed E-state index contributed by atoms with van der Waals surface area (Å²) < 4.78 is 0. The number of fused-ring (bicyclic) bond motifs is 1. The number of aryl methyl sites for hydroxylation is 1. The molecule has 17 heavy (non-hydrogen) atoms. The molecule has 3 nitrogen and oxygen atoms in total. The van der Waals surface area contributed by atoms with Crippen molar-refractivity contribution in [3.8, 4) is 0 Å². The lowest BCUT2D eigenvalue weighted by molar-refractivity contribution is 1.07. The molecule has 0 atom stereocenters. The quantitative estimate of drug-likeness (QED) is 0.732. The number of rotatable bonds is 3. The third kappa shape index (κ3) is 2.35. The van der Waals surface area contributed by atoms with Crippen LogP contribution in [0.5, 0.6) is 0 Å². The molecule has 0 amide bonds. The number of benzene rings is 1. The molecule has 5 heteroatoms. The second-order valence-corrected chi connectivity index (χ2v) is 5.73. The maximum Gasteiger partial charge on any atom is 0.166 e. The largest absolute Gasteiger partial charge is 0.333 e. The zero-order chi connectivity index (χ0) is 11.7. The van der Waals surface area contributed by atoms with Gasteiger partial charge in [0.15, 0.2) is 5.16 Å². The molecule has 3 rings (SSSR count). The zero-order valence-electron chi connectivity index (χ0n) is 9.30. The lowest BCUT2D eigenvalue weighted by Gasteiger charge is -1.92. The SMILES string of the molecule is Cc1nc(CSc2nc3ccccc3[nH]2)cs1. The fourth-order valence-corrected chi connectivity index (χ4v) is 3.11. The monoisotopic (exact) mass is 261 g/mol. The fourth-order valence-electron chi connectivity index (χ4n) is 1.61. The van der Waals surface area contributed by atoms with Gasteiger partial charge in [-0.1, -0.05) is 23.9 Å². The predicted octanol–water partition coefficient (Wildman–Crippen LogP) is 3.62. The van der Waals surface area contributed by atoms with Crippen LogP contribution < -0.4 is 0 Å². The van der Waals surface area contributed by atoms with E-state index in [-0.39, 0.29) is 0 Å². The highest BCUT2D eigenvalue weighted by Gasteiger charge is 2.04. The Morgan fingerprint density at radius 3 is 2.94 bits per heavy atom. The summed E-state index contributed by atoms with van der Waals surface area (Å²) in [6.07, 6.45) is 0. The first-order valence-corrected chi connectivity index (χ1v) is 7.16. The van der Waals surface area contributed by atoms with E-state index in [2.05, 4.69) is 20.3 Å². The van der Waals surface area contributed by atoms with Crippen molar-refractivity contribution in [2.24, 2.45) is 0 Å². The molecule has 3 aromatic rings. The lowest BCUT2D eigenvalue weighted by Crippen LogP contribution is -1.81. The molecule has 0 radical (unpaired) electrons. The number of thiazole rings is 1. The highest BCUT2D eigenvalue weighted by Crippen LogP contribution is 2.23. The zero-order valence-corrected chi connectivity index (χ0v) is 10.9. The third-order valence-electron chi connectivity index (χ3n) is 2.39. The number of nitrogens with zero attached hydrogens (tertiary/aromatic N) is 2. The van der Waals surface area contributed by atoms with Gasteiger partial charge in [0, 0.05) is 11.1 Å². The minimum atomic E-state index is 0.865. The Bertz CT molecular complexity index is 609. The number of H-pyrrole nitrogens is 1. The minimum Gasteiger partial charge on any atom is -0.333 e. The Kier molecular flexibility index (Phi) is 2.86. The van der Waals surface area contributed by atoms with E-state index in [4.69, 9.17) is 0 Å². The third-order valence-corrected chi connectivity index (χ3v) is 4.12. The molecule has 0 aliphatic rings. The van der Waals surface area contributed by atoms with Crippen LogP contribution in [0.3, 0.4) is 0 Å². The summed E-state index contributed by atoms with van der Waals surface area (Å²) in [5.41, 5.74) is 3.23. The van der Waals surface area contributed by atoms with E-state index >= 15 is 0 Å². The smallest absolute Gasteiger partial charge is 0.166 e. The predicted molar refractivity (Wildman–Crippen MR) is 72.5 cm³/mol. The first kappa shape index (κ1) is 10.8. The van der Waals surface area contributed by atoms with E-state index in [1.807, 2.05) is 31.2 Å². The van der Waals surface area contributed by atoms with Crippen LogP contribution in [-0.2, 0) is 5.75 Å². The van der Waals surface area contributed by atoms with Crippen molar-refractivity contribution in [1.82, 2.24) is 15.0 Å². The number of para-hydroxylation sites is 2. The highest BCUT2D eigenvalue weighted by atomic mass is 32.2. The van der Waals surface area contributed by atoms with Gasteiger partial charge in [-0.3, -0.25) is 0 Å². The second-order valence-electron chi connectivity index (χ2n) is 3.71. The number of hydrogen-bond acceptors (Lipinski definition) is 4. The number of thioether (sulfide) groups is 1. The van der Waals surface area contributed by atoms with Gasteiger partial charge >= 0.3 is 0 Å². The van der Waals surface area contributed by atoms with Gasteiger partial charge in [0.25, 0.3) is 0 Å². The Morgan fingerprint density at radius 2 is 2.18 bits per heavy atom. The Morgan fingerprint density at radius 1 is 1.29 bits per heavy atom. The Labute approximate surface area is 107 Å². The molecule has 0 fully saturated rings. The molecule has 0 aliphatic carbocycles. The number of aromatic amines is 1. The molecular formula is C12H11N3S2. The van der Waals surface area contributed by atoms with Crippen LogP contribution in [0.4, 0.5) is 0 Å². The topological polar surface area (TPSA) is 41.6 Å². The first-order chi connectivity index (χ1) is 8.31. The van der Waals surface area contributed by atoms with Gasteiger partial charge in [0.1, 0.15) is 0 Å². The van der Waals surface area contributed by atoms with Gasteiger partial charge in [-0.05, 0) is 19.1 Å². The van der Waals surface area contributed by atoms with Gasteiger partial charge in [0.05, 0.1) is 21.7 Å². The average molecular weight is 261 g/mol. The van der Waals surface area contributed by atoms with E-state index in [9.17, 15) is 0 Å². The highest BCUT2D eigenvalue weighted by molar-refractivity contribution is 7.98. The summed E-state index contributed by atoms with van der Waals surface area (Å²) in [6, 6.07) is 8.07. The number of nitrogens with one attached hydrogen (secondary N) is 1. The molecule has 0 saturated heterocycles. The Balaban J connectivity index is 1.76. The van der Waals surface area contributed by atoms with Gasteiger partial charge in [-0.25, -0.2) is 9.97 Å². The van der Waals surface area contributed by atoms with Crippen LogP contribution in [0.1, 0.15) is 10.7 Å². The van der Waals surface area contributed by atoms with Crippen molar-refractivity contribution in [2.45, 2.75) is 17.8 Å². The molecule has 0 bridgehead atoms. The van der Waals surface area contributed by atoms with E-state index in [0.29, 0.717) is 0 Å². The lowest BCUT2D eigenvalue weighted by atomic mass is 10.3. The molecule has 1 N–H and O–H groups in total. The van der Waals surface area contributed by atoms with Crippen molar-refractivity contribution in [2.75, 3.05) is 0 Å². The summed E-state index contributed by atoms with van der Waals surface area (Å²) in [4.78, 5) is 12.3. The number of aromatic nitrogens is 3. The molecule has 0 unspecified atom stereocenters. The van der Waals surface area contributed by atoms with E-state index in [0.717, 1.165) is 32.6 Å². The average Bonchev–Trinajstić information content (AvgIpc) is 2.91. The molecule has 1 aromatic carbocycles. The maximum absolute atomic E-state index is 4.52. The van der Waals surface area contributed by atoms with Crippen molar-refractivity contribution in [3.63, 3.8) is 0 Å². The van der Waals surface area contributed by atoms with Crippen LogP contribution in [-0.4, -0.2) is 15.0 Å². The van der Waals surface area contributed by atoms with Crippen molar-refractivity contribution < 1.29 is 0 Å². The van der Waals surface area contributed by atoms with Crippen LogP contribution >= 0.6 is 23.1 Å². The molecule has 0 aliphatic heterocycles. The van der Waals surface area contributed by atoms with Gasteiger partial charge < -0.3 is 4.98 Å². The van der Waals surface area contributed by atoms with Gasteiger partial charge in [-0.15, -0.1) is 11.3 Å². The van der Waals surface area contributed by atoms with Gasteiger partial charge in [0.2, 0.25) is 0 Å². The van der Waals surface area contributed by atoms with Crippen LogP contribution in [0.25, 0.3) is 11.0 Å². The first-order valence-electron chi connectivity index (χ1n) is 5.30. The van der Waals surface area contributed by atoms with Crippen LogP contribution in [0, 0.1) is 6.92 Å². The molecule has 0 saturated carbocycles. The summed E-state index contributed by atoms with van der Waals surface area (Å²) in [7, 11) is 0. The molecule has 86 valence electrons. The van der Waals surface area contributed by atoms with E-state index in [1.165, 1.54) is 0 Å². The standard InChI is InChI=1S/C12H11N3S2/c1-8-13-9(6-16-8)7-17-12-14-10-4-2-3-5-11(10)15-12/h2-6H,7H2,1H3,(H,14,15). The summed E-state index contributed by atoms with van der Waals surface area (Å²) in [5.74, 6) is 0.865. The summed E-state index contributed by atoms with van der Waals surface area (Å²) in [6.45, 7) is 2.03. The second kappa shape index (κ2) is 4.50. The van der Waals surface area contributed by atoms with Crippen LogP contribution in [0.15, 0.2) is 34.8 Å². The maximum atomic E-state index is 4.52. The molecule has 0 spiro atoms. The molecular weight excluding hydrogens is 250 g/mol. The minimum absolute atomic E-state index is 0.865. The van der Waals surface area contributed by atoms with Crippen molar-refractivity contribution in [1.29, 1.82) is 0 Å². The normalized spacial score (nSPS) is 11.1. The molecule has 2 aromatic heterocycles. The summed E-state index contributed by atoms with van der Waals surface area (Å²) >= 11 is 3.38. The summed E-state index contributed by atoms with van der Waals surface area (Å²) in [5, 5.41) is 4.17. The fraction of sp³-hybridized carbons (Fsp3) is 0.167. The molecule has 2 heterocycles. The van der Waals surface area contributed by atoms with Crippen molar-refractivity contribution >= 4 is 34.1 Å². The van der Waals surface area contributed by atoms with Crippen LogP contribution in [0.2, 0.25) is 0 Å². The van der Waals surface area contributed by atoms with Crippen molar-refractivity contribution in [3.05, 3.63) is 40.3 Å². The van der Waals surface area contributed by atoms with E-state index in [1.54, 1.807) is 23.1 Å². The number of hydrogen-bond donors (Lipinski definition) is 1. The van der Waals surface area contributed by atoms with Gasteiger partial charge in [-0.2, -0.15) is 0 Å². The Hall–Kier alpha value is -1.33. The number of imidazole rings is 1. The van der Waals surface area contributed by atoms with E-state index < -0.39 is 0 Å².